The molecule has 0 amide bonds. The summed E-state index contributed by atoms with van der Waals surface area (Å²) < 4.78 is 0.699. The van der Waals surface area contributed by atoms with Gasteiger partial charge in [-0.1, -0.05) is 22.6 Å². The number of aryl methyl sites for hydroxylation is 1. The molecule has 3 aliphatic heterocycles. The van der Waals surface area contributed by atoms with E-state index >= 15 is 0 Å². The molecular weight excluding hydrogens is 461 g/mol. The number of nitrogens with one attached hydrogen (secondary N) is 2. The quantitative estimate of drug-likeness (QED) is 0.429. The first-order valence-electron chi connectivity index (χ1n) is 8.85. The van der Waals surface area contributed by atoms with Crippen LogP contribution in [0.4, 0.5) is 0 Å². The van der Waals surface area contributed by atoms with Gasteiger partial charge in [0.25, 0.3) is 5.56 Å². The Balaban J connectivity index is 0.000000814. The maximum absolute atomic E-state index is 12.6. The van der Waals surface area contributed by atoms with E-state index in [1.54, 1.807) is 6.20 Å². The Kier molecular flexibility index (Phi) is 5.15. The Morgan fingerprint density at radius 1 is 1.31 bits per heavy atom. The molecule has 3 aliphatic rings. The van der Waals surface area contributed by atoms with Gasteiger partial charge in [-0.3, -0.25) is 14.8 Å². The highest BCUT2D eigenvalue weighted by atomic mass is 127. The Morgan fingerprint density at radius 3 is 2.69 bits per heavy atom. The summed E-state index contributed by atoms with van der Waals surface area (Å²) in [4.78, 5) is 25.9. The molecular formula is C18H22IN5OS. The summed E-state index contributed by atoms with van der Waals surface area (Å²) in [7, 11) is 0. The lowest BCUT2D eigenvalue weighted by atomic mass is 9.83. The molecule has 6 heterocycles. The predicted molar refractivity (Wildman–Crippen MR) is 114 cm³/mol. The van der Waals surface area contributed by atoms with Crippen molar-refractivity contribution < 1.29 is 0 Å². The van der Waals surface area contributed by atoms with Crippen molar-refractivity contribution in [3.63, 3.8) is 0 Å². The highest BCUT2D eigenvalue weighted by molar-refractivity contribution is 14.1. The number of aromatic amines is 2. The standard InChI is InChI=1S/C17H19N5OS.CH3I/c1-9-11(8-18-21-9)14-7-12-15(24-14)17(23)20-16(19-12)13-6-10-2-4-22(13)5-3-10;1-2/h7-8,10,13H,2-6H2,1H3,(H,18,21)(H,19,20,23);1H3/t13-;/m0./s1. The van der Waals surface area contributed by atoms with Crippen LogP contribution in [0.2, 0.25) is 0 Å². The monoisotopic (exact) mass is 483 g/mol. The van der Waals surface area contributed by atoms with Crippen molar-refractivity contribution in [1.29, 1.82) is 0 Å². The van der Waals surface area contributed by atoms with E-state index < -0.39 is 0 Å². The zero-order valence-electron chi connectivity index (χ0n) is 14.9. The number of hydrogen-bond acceptors (Lipinski definition) is 5. The second kappa shape index (κ2) is 7.40. The molecule has 1 atom stereocenters. The number of fused-ring (bicyclic) bond motifs is 4. The van der Waals surface area contributed by atoms with Gasteiger partial charge in [-0.15, -0.1) is 11.3 Å². The molecule has 0 aliphatic carbocycles. The molecule has 26 heavy (non-hydrogen) atoms. The van der Waals surface area contributed by atoms with Gasteiger partial charge >= 0.3 is 0 Å². The minimum atomic E-state index is -0.0185. The SMILES string of the molecule is CI.Cc1[nH]ncc1-c1cc2nc([C@@H]3CC4CCN3CC4)[nH]c(=O)c2s1. The van der Waals surface area contributed by atoms with Gasteiger partial charge in [0.15, 0.2) is 0 Å². The number of H-pyrrole nitrogens is 2. The van der Waals surface area contributed by atoms with Crippen molar-refractivity contribution in [3.8, 4) is 10.4 Å². The van der Waals surface area contributed by atoms with E-state index in [1.165, 1.54) is 24.2 Å². The van der Waals surface area contributed by atoms with Crippen LogP contribution in [-0.2, 0) is 0 Å². The molecule has 3 aromatic rings. The topological polar surface area (TPSA) is 77.7 Å². The van der Waals surface area contributed by atoms with Crippen LogP contribution in [0.3, 0.4) is 0 Å². The molecule has 3 saturated heterocycles. The molecule has 0 saturated carbocycles. The number of nitrogens with zero attached hydrogens (tertiary/aromatic N) is 3. The minimum absolute atomic E-state index is 0.0185. The second-order valence-corrected chi connectivity index (χ2v) is 7.97. The summed E-state index contributed by atoms with van der Waals surface area (Å²) >= 11 is 3.64. The van der Waals surface area contributed by atoms with Crippen LogP contribution >= 0.6 is 33.9 Å². The van der Waals surface area contributed by atoms with Crippen LogP contribution in [0.1, 0.15) is 36.8 Å². The first-order valence-corrected chi connectivity index (χ1v) is 11.8. The largest absolute Gasteiger partial charge is 0.308 e. The van der Waals surface area contributed by atoms with Crippen LogP contribution in [0.5, 0.6) is 0 Å². The molecule has 138 valence electrons. The van der Waals surface area contributed by atoms with E-state index in [-0.39, 0.29) is 11.6 Å². The lowest BCUT2D eigenvalue weighted by molar-refractivity contribution is 0.0445. The summed E-state index contributed by atoms with van der Waals surface area (Å²) in [6.07, 6.45) is 5.49. The fourth-order valence-corrected chi connectivity index (χ4v) is 5.16. The lowest BCUT2D eigenvalue weighted by Crippen LogP contribution is -2.44. The predicted octanol–water partition coefficient (Wildman–Crippen LogP) is 3.89. The van der Waals surface area contributed by atoms with E-state index in [1.807, 2.05) is 17.9 Å². The van der Waals surface area contributed by atoms with Gasteiger partial charge in [0.2, 0.25) is 0 Å². The zero-order chi connectivity index (χ0) is 18.3. The van der Waals surface area contributed by atoms with E-state index in [9.17, 15) is 4.79 Å². The van der Waals surface area contributed by atoms with Gasteiger partial charge in [-0.25, -0.2) is 4.98 Å². The highest BCUT2D eigenvalue weighted by Crippen LogP contribution is 2.40. The lowest BCUT2D eigenvalue weighted by Gasteiger charge is -2.44. The number of hydrogen-bond donors (Lipinski definition) is 2. The molecule has 2 N–H and O–H groups in total. The Bertz CT molecular complexity index is 970. The first kappa shape index (κ1) is 18.1. The number of thiophene rings is 1. The van der Waals surface area contributed by atoms with Crippen molar-refractivity contribution in [2.24, 2.45) is 5.92 Å². The van der Waals surface area contributed by atoms with Gasteiger partial charge in [0.05, 0.1) is 17.8 Å². The van der Waals surface area contributed by atoms with Crippen LogP contribution in [-0.4, -0.2) is 43.1 Å². The van der Waals surface area contributed by atoms with Crippen molar-refractivity contribution in [1.82, 2.24) is 25.1 Å². The summed E-state index contributed by atoms with van der Waals surface area (Å²) in [5.41, 5.74) is 2.83. The molecule has 0 unspecified atom stereocenters. The normalized spacial score (nSPS) is 24.5. The van der Waals surface area contributed by atoms with E-state index in [0.717, 1.165) is 52.9 Å². The van der Waals surface area contributed by atoms with Crippen LogP contribution < -0.4 is 5.56 Å². The van der Waals surface area contributed by atoms with Crippen LogP contribution in [0.15, 0.2) is 17.1 Å². The molecule has 3 aromatic heterocycles. The number of alkyl halides is 1. The van der Waals surface area contributed by atoms with E-state index in [0.29, 0.717) is 4.70 Å². The average Bonchev–Trinajstić information content (AvgIpc) is 3.30. The number of piperidine rings is 3. The number of rotatable bonds is 2. The Morgan fingerprint density at radius 2 is 2.08 bits per heavy atom. The third-order valence-electron chi connectivity index (χ3n) is 5.46. The molecule has 0 aromatic carbocycles. The Hall–Kier alpha value is -1.26. The fraction of sp³-hybridized carbons (Fsp3) is 0.500. The first-order chi connectivity index (χ1) is 12.7. The van der Waals surface area contributed by atoms with Gasteiger partial charge < -0.3 is 4.98 Å². The van der Waals surface area contributed by atoms with Gasteiger partial charge in [-0.2, -0.15) is 5.10 Å². The van der Waals surface area contributed by atoms with E-state index in [4.69, 9.17) is 4.98 Å². The van der Waals surface area contributed by atoms with Gasteiger partial charge in [0, 0.05) is 16.1 Å². The molecule has 3 fully saturated rings. The molecule has 0 radical (unpaired) electrons. The molecule has 8 heteroatoms. The maximum Gasteiger partial charge on any atom is 0.268 e. The summed E-state index contributed by atoms with van der Waals surface area (Å²) in [5, 5.41) is 7.03. The summed E-state index contributed by atoms with van der Waals surface area (Å²) in [6, 6.07) is 2.29. The number of halogens is 1. The maximum atomic E-state index is 12.6. The van der Waals surface area contributed by atoms with Crippen molar-refractivity contribution in [2.45, 2.75) is 32.2 Å². The van der Waals surface area contributed by atoms with E-state index in [2.05, 4.69) is 42.7 Å². The Labute approximate surface area is 169 Å². The highest BCUT2D eigenvalue weighted by Gasteiger charge is 2.35. The third-order valence-corrected chi connectivity index (χ3v) is 6.62. The van der Waals surface area contributed by atoms with Crippen molar-refractivity contribution >= 4 is 44.1 Å². The molecule has 2 bridgehead atoms. The van der Waals surface area contributed by atoms with Crippen LogP contribution in [0, 0.1) is 12.8 Å². The zero-order valence-corrected chi connectivity index (χ0v) is 17.9. The minimum Gasteiger partial charge on any atom is -0.308 e. The fourth-order valence-electron chi connectivity index (χ4n) is 4.10. The van der Waals surface area contributed by atoms with Gasteiger partial charge in [0.1, 0.15) is 10.5 Å². The summed E-state index contributed by atoms with van der Waals surface area (Å²) in [5.74, 6) is 1.62. The molecule has 6 nitrogen and oxygen atoms in total. The smallest absolute Gasteiger partial charge is 0.268 e. The van der Waals surface area contributed by atoms with Crippen LogP contribution in [0.25, 0.3) is 20.7 Å². The van der Waals surface area contributed by atoms with Crippen molar-refractivity contribution in [3.05, 3.63) is 34.1 Å². The second-order valence-electron chi connectivity index (χ2n) is 6.92. The third kappa shape index (κ3) is 3.11. The average molecular weight is 483 g/mol. The van der Waals surface area contributed by atoms with Crippen molar-refractivity contribution in [2.75, 3.05) is 18.0 Å². The molecule has 0 spiro atoms. The molecule has 6 rings (SSSR count). The summed E-state index contributed by atoms with van der Waals surface area (Å²) in [6.45, 7) is 4.24. The number of aromatic nitrogens is 4. The van der Waals surface area contributed by atoms with Gasteiger partial charge in [-0.05, 0) is 56.2 Å².